The van der Waals surface area contributed by atoms with E-state index in [1.807, 2.05) is 25.1 Å². The topological polar surface area (TPSA) is 34.1 Å². The third-order valence-electron chi connectivity index (χ3n) is 4.70. The molecule has 0 radical (unpaired) electrons. The van der Waals surface area contributed by atoms with Gasteiger partial charge >= 0.3 is 0 Å². The Bertz CT molecular complexity index is 558. The van der Waals surface area contributed by atoms with Gasteiger partial charge in [-0.2, -0.15) is 0 Å². The van der Waals surface area contributed by atoms with E-state index in [1.54, 1.807) is 12.1 Å². The first kappa shape index (κ1) is 22.0. The Labute approximate surface area is 155 Å². The van der Waals surface area contributed by atoms with Crippen molar-refractivity contribution in [3.63, 3.8) is 0 Å². The second-order valence-corrected chi connectivity index (χ2v) is 9.21. The van der Waals surface area contributed by atoms with Gasteiger partial charge in [-0.3, -0.25) is 0 Å². The lowest BCUT2D eigenvalue weighted by Crippen LogP contribution is -2.06. The van der Waals surface area contributed by atoms with Gasteiger partial charge in [0.15, 0.2) is 9.84 Å². The van der Waals surface area contributed by atoms with Gasteiger partial charge in [0.2, 0.25) is 0 Å². The van der Waals surface area contributed by atoms with Gasteiger partial charge in [0.25, 0.3) is 0 Å². The third-order valence-corrected chi connectivity index (χ3v) is 6.52. The van der Waals surface area contributed by atoms with Crippen LogP contribution in [0.3, 0.4) is 0 Å². The molecule has 0 saturated heterocycles. The largest absolute Gasteiger partial charge is 0.224 e. The second-order valence-electron chi connectivity index (χ2n) is 7.10. The molecule has 0 aliphatic rings. The van der Waals surface area contributed by atoms with E-state index in [4.69, 9.17) is 0 Å². The minimum atomic E-state index is -3.10. The molecule has 0 bridgehead atoms. The Morgan fingerprint density at radius 2 is 1.20 bits per heavy atom. The van der Waals surface area contributed by atoms with Crippen LogP contribution in [0.2, 0.25) is 0 Å². The number of sulfone groups is 1. The van der Waals surface area contributed by atoms with E-state index in [2.05, 4.69) is 6.58 Å². The molecule has 1 aromatic rings. The summed E-state index contributed by atoms with van der Waals surface area (Å²) in [7, 11) is -3.10. The zero-order valence-electron chi connectivity index (χ0n) is 16.0. The van der Waals surface area contributed by atoms with Gasteiger partial charge in [-0.1, -0.05) is 81.6 Å². The fraction of sp³-hybridized carbons (Fsp3) is 0.636. The summed E-state index contributed by atoms with van der Waals surface area (Å²) in [5.74, 6) is 0.279. The minimum absolute atomic E-state index is 0.279. The zero-order chi connectivity index (χ0) is 18.4. The van der Waals surface area contributed by atoms with Crippen LogP contribution < -0.4 is 0 Å². The van der Waals surface area contributed by atoms with Crippen LogP contribution in [0.5, 0.6) is 0 Å². The molecule has 1 aromatic carbocycles. The van der Waals surface area contributed by atoms with Crippen LogP contribution in [-0.2, 0) is 9.84 Å². The molecule has 0 fully saturated rings. The van der Waals surface area contributed by atoms with Crippen LogP contribution in [0.1, 0.15) is 82.6 Å². The first-order chi connectivity index (χ1) is 12.1. The Morgan fingerprint density at radius 1 is 0.760 bits per heavy atom. The number of hydrogen-bond donors (Lipinski definition) is 0. The van der Waals surface area contributed by atoms with E-state index in [0.29, 0.717) is 4.90 Å². The zero-order valence-corrected chi connectivity index (χ0v) is 16.8. The van der Waals surface area contributed by atoms with Crippen LogP contribution in [0, 0.1) is 6.92 Å². The molecule has 0 aromatic heterocycles. The van der Waals surface area contributed by atoms with Gasteiger partial charge in [0.05, 0.1) is 10.6 Å². The average molecular weight is 365 g/mol. The minimum Gasteiger partial charge on any atom is -0.224 e. The number of hydrogen-bond acceptors (Lipinski definition) is 2. The molecule has 0 aliphatic carbocycles. The molecule has 0 spiro atoms. The lowest BCUT2D eigenvalue weighted by molar-refractivity contribution is 0.548. The molecule has 0 unspecified atom stereocenters. The van der Waals surface area contributed by atoms with E-state index in [9.17, 15) is 8.42 Å². The van der Waals surface area contributed by atoms with Crippen molar-refractivity contribution >= 4 is 9.84 Å². The number of aryl methyl sites for hydroxylation is 1. The van der Waals surface area contributed by atoms with Crippen LogP contribution in [-0.4, -0.2) is 14.2 Å². The fourth-order valence-corrected chi connectivity index (χ4v) is 4.41. The monoisotopic (exact) mass is 364 g/mol. The van der Waals surface area contributed by atoms with Crippen LogP contribution in [0.25, 0.3) is 0 Å². The molecule has 0 amide bonds. The second kappa shape index (κ2) is 13.2. The Morgan fingerprint density at radius 3 is 1.68 bits per heavy atom. The predicted molar refractivity (Wildman–Crippen MR) is 109 cm³/mol. The highest BCUT2D eigenvalue weighted by molar-refractivity contribution is 7.91. The molecule has 2 nitrogen and oxygen atoms in total. The van der Waals surface area contributed by atoms with E-state index < -0.39 is 9.84 Å². The van der Waals surface area contributed by atoms with E-state index in [0.717, 1.165) is 31.2 Å². The maximum atomic E-state index is 12.2. The number of allylic oxidation sites excluding steroid dienone is 1. The van der Waals surface area contributed by atoms with Crippen molar-refractivity contribution in [1.82, 2.24) is 0 Å². The predicted octanol–water partition coefficient (Wildman–Crippen LogP) is 6.64. The Kier molecular flexibility index (Phi) is 11.6. The third kappa shape index (κ3) is 10.5. The smallest absolute Gasteiger partial charge is 0.178 e. The van der Waals surface area contributed by atoms with E-state index in [1.165, 1.54) is 51.4 Å². The highest BCUT2D eigenvalue weighted by Crippen LogP contribution is 2.16. The molecule has 25 heavy (non-hydrogen) atoms. The highest BCUT2D eigenvalue weighted by Gasteiger charge is 2.13. The average Bonchev–Trinajstić information content (AvgIpc) is 2.59. The van der Waals surface area contributed by atoms with Crippen LogP contribution >= 0.6 is 0 Å². The summed E-state index contributed by atoms with van der Waals surface area (Å²) >= 11 is 0. The van der Waals surface area contributed by atoms with Crippen molar-refractivity contribution < 1.29 is 8.42 Å². The van der Waals surface area contributed by atoms with Crippen molar-refractivity contribution in [2.24, 2.45) is 0 Å². The number of benzene rings is 1. The summed E-state index contributed by atoms with van der Waals surface area (Å²) in [6.45, 7) is 5.72. The number of rotatable bonds is 15. The molecule has 0 atom stereocenters. The van der Waals surface area contributed by atoms with Crippen molar-refractivity contribution in [3.8, 4) is 0 Å². The van der Waals surface area contributed by atoms with E-state index >= 15 is 0 Å². The van der Waals surface area contributed by atoms with Crippen molar-refractivity contribution in [1.29, 1.82) is 0 Å². The standard InChI is InChI=1S/C22H36O2S/c1-3-4-5-6-7-8-9-10-11-12-13-14-15-20-25(23,24)22-18-16-21(2)17-19-22/h3,16-19H,1,4-15,20H2,2H3. The fourth-order valence-electron chi connectivity index (χ4n) is 3.04. The lowest BCUT2D eigenvalue weighted by Gasteiger charge is -2.05. The maximum absolute atomic E-state index is 12.2. The van der Waals surface area contributed by atoms with Crippen molar-refractivity contribution in [2.75, 3.05) is 5.75 Å². The molecule has 3 heteroatoms. The summed E-state index contributed by atoms with van der Waals surface area (Å²) in [4.78, 5) is 0.464. The van der Waals surface area contributed by atoms with Gasteiger partial charge in [0.1, 0.15) is 0 Å². The van der Waals surface area contributed by atoms with Gasteiger partial charge < -0.3 is 0 Å². The first-order valence-electron chi connectivity index (χ1n) is 9.96. The van der Waals surface area contributed by atoms with Crippen molar-refractivity contribution in [2.45, 2.75) is 88.9 Å². The molecule has 0 saturated carbocycles. The summed E-state index contributed by atoms with van der Waals surface area (Å²) in [6.07, 6.45) is 16.6. The normalized spacial score (nSPS) is 11.6. The summed E-state index contributed by atoms with van der Waals surface area (Å²) < 4.78 is 24.5. The Balaban J connectivity index is 1.98. The van der Waals surface area contributed by atoms with Gasteiger partial charge in [-0.05, 0) is 38.3 Å². The Hall–Kier alpha value is -1.09. The SMILES string of the molecule is C=CCCCCCCCCCCCCCS(=O)(=O)c1ccc(C)cc1. The van der Waals surface area contributed by atoms with Gasteiger partial charge in [-0.15, -0.1) is 6.58 Å². The highest BCUT2D eigenvalue weighted by atomic mass is 32.2. The molecular formula is C22H36O2S. The van der Waals surface area contributed by atoms with Gasteiger partial charge in [-0.25, -0.2) is 8.42 Å². The molecular weight excluding hydrogens is 328 g/mol. The summed E-state index contributed by atoms with van der Waals surface area (Å²) in [5, 5.41) is 0. The lowest BCUT2D eigenvalue weighted by atomic mass is 10.1. The summed E-state index contributed by atoms with van der Waals surface area (Å²) in [5.41, 5.74) is 1.09. The van der Waals surface area contributed by atoms with E-state index in [-0.39, 0.29) is 5.75 Å². The maximum Gasteiger partial charge on any atom is 0.178 e. The quantitative estimate of drug-likeness (QED) is 0.258. The molecule has 0 heterocycles. The first-order valence-corrected chi connectivity index (χ1v) is 11.6. The molecule has 0 aliphatic heterocycles. The van der Waals surface area contributed by atoms with Crippen LogP contribution in [0.15, 0.2) is 41.8 Å². The molecule has 142 valence electrons. The molecule has 1 rings (SSSR count). The number of unbranched alkanes of at least 4 members (excludes halogenated alkanes) is 11. The molecule has 0 N–H and O–H groups in total. The van der Waals surface area contributed by atoms with Gasteiger partial charge in [0, 0.05) is 0 Å². The summed E-state index contributed by atoms with van der Waals surface area (Å²) in [6, 6.07) is 7.18. The van der Waals surface area contributed by atoms with Crippen LogP contribution in [0.4, 0.5) is 0 Å². The van der Waals surface area contributed by atoms with Crippen molar-refractivity contribution in [3.05, 3.63) is 42.5 Å².